The van der Waals surface area contributed by atoms with Crippen molar-refractivity contribution < 1.29 is 13.0 Å². The number of nitrogens with zero attached hydrogens (tertiary/aromatic N) is 1. The topological polar surface area (TPSA) is 67.3 Å². The van der Waals surface area contributed by atoms with Gasteiger partial charge in [-0.05, 0) is 0 Å². The molecule has 4 nitrogen and oxygen atoms in total. The molecule has 1 rings (SSSR count). The zero-order chi connectivity index (χ0) is 6.91. The maximum absolute atomic E-state index is 10.2. The summed E-state index contributed by atoms with van der Waals surface area (Å²) >= 11 is 0.881. The molecule has 0 aliphatic rings. The molecule has 0 saturated carbocycles. The number of rotatable bonds is 1. The van der Waals surface area contributed by atoms with Gasteiger partial charge in [0.25, 0.3) is 0 Å². The zero-order valence-electron chi connectivity index (χ0n) is 4.18. The Morgan fingerprint density at radius 1 is 1.67 bits per heavy atom. The summed E-state index contributed by atoms with van der Waals surface area (Å²) in [6.45, 7) is 0. The van der Waals surface area contributed by atoms with E-state index in [2.05, 4.69) is 4.98 Å². The predicted molar refractivity (Wildman–Crippen MR) is 31.9 cm³/mol. The number of aromatic nitrogens is 1. The van der Waals surface area contributed by atoms with Gasteiger partial charge in [0.15, 0.2) is 0 Å². The summed E-state index contributed by atoms with van der Waals surface area (Å²) in [5, 5.41) is 1.48. The lowest BCUT2D eigenvalue weighted by atomic mass is 11.0. The number of thiazole rings is 1. The molecule has 9 heavy (non-hydrogen) atoms. The van der Waals surface area contributed by atoms with Crippen molar-refractivity contribution in [1.29, 1.82) is 0 Å². The molecule has 0 spiro atoms. The smallest absolute Gasteiger partial charge is 0.280 e. The number of hydrogen-bond acceptors (Lipinski definition) is 4. The minimum Gasteiger partial charge on any atom is -0.280 e. The van der Waals surface area contributed by atoms with Crippen LogP contribution in [0.1, 0.15) is 0 Å². The van der Waals surface area contributed by atoms with E-state index in [1.54, 1.807) is 0 Å². The predicted octanol–water partition coefficient (Wildman–Crippen LogP) is 0.390. The molecule has 0 aliphatic carbocycles. The largest absolute Gasteiger partial charge is 0.322 e. The third-order valence-electron chi connectivity index (χ3n) is 0.630. The molecule has 0 aromatic carbocycles. The van der Waals surface area contributed by atoms with E-state index in [1.807, 2.05) is 0 Å². The van der Waals surface area contributed by atoms with Gasteiger partial charge in [-0.15, -0.1) is 11.3 Å². The SMILES string of the molecule is O=S(=O)(O)c1nccs1. The molecule has 1 N–H and O–H groups in total. The lowest BCUT2D eigenvalue weighted by molar-refractivity contribution is 0.482. The van der Waals surface area contributed by atoms with Crippen molar-refractivity contribution in [1.82, 2.24) is 4.98 Å². The first-order valence-electron chi connectivity index (χ1n) is 1.97. The fourth-order valence-electron chi connectivity index (χ4n) is 0.338. The third kappa shape index (κ3) is 1.47. The van der Waals surface area contributed by atoms with Crippen molar-refractivity contribution in [2.24, 2.45) is 0 Å². The first kappa shape index (κ1) is 6.66. The van der Waals surface area contributed by atoms with E-state index in [0.717, 1.165) is 11.3 Å². The van der Waals surface area contributed by atoms with Crippen molar-refractivity contribution in [3.05, 3.63) is 11.6 Å². The van der Waals surface area contributed by atoms with Crippen LogP contribution in [0.25, 0.3) is 0 Å². The van der Waals surface area contributed by atoms with Crippen LogP contribution in [0.5, 0.6) is 0 Å². The molecule has 1 aromatic rings. The Balaban J connectivity index is 3.20. The van der Waals surface area contributed by atoms with Gasteiger partial charge < -0.3 is 0 Å². The van der Waals surface area contributed by atoms with Gasteiger partial charge in [-0.2, -0.15) is 8.42 Å². The number of hydrogen-bond donors (Lipinski definition) is 1. The highest BCUT2D eigenvalue weighted by molar-refractivity contribution is 7.87. The van der Waals surface area contributed by atoms with Gasteiger partial charge in [-0.25, -0.2) is 4.98 Å². The van der Waals surface area contributed by atoms with Crippen LogP contribution in [0.3, 0.4) is 0 Å². The fraction of sp³-hybridized carbons (Fsp3) is 0. The monoisotopic (exact) mass is 165 g/mol. The van der Waals surface area contributed by atoms with Crippen LogP contribution in [-0.2, 0) is 10.1 Å². The maximum Gasteiger partial charge on any atom is 0.322 e. The molecule has 0 fully saturated rings. The Bertz CT molecular complexity index is 274. The van der Waals surface area contributed by atoms with Gasteiger partial charge in [0, 0.05) is 11.6 Å². The Labute approximate surface area is 55.9 Å². The minimum atomic E-state index is -4.05. The summed E-state index contributed by atoms with van der Waals surface area (Å²) in [4.78, 5) is 3.37. The summed E-state index contributed by atoms with van der Waals surface area (Å²) in [6.07, 6.45) is 1.31. The molecule has 0 atom stereocenters. The molecule has 1 aromatic heterocycles. The van der Waals surface area contributed by atoms with Crippen LogP contribution >= 0.6 is 11.3 Å². The summed E-state index contributed by atoms with van der Waals surface area (Å²) in [7, 11) is -4.05. The molecule has 0 amide bonds. The average molecular weight is 165 g/mol. The van der Waals surface area contributed by atoms with Crippen LogP contribution in [0.15, 0.2) is 15.9 Å². The molecule has 0 saturated heterocycles. The van der Waals surface area contributed by atoms with Gasteiger partial charge >= 0.3 is 10.1 Å². The highest BCUT2D eigenvalue weighted by Crippen LogP contribution is 2.09. The lowest BCUT2D eigenvalue weighted by Gasteiger charge is -1.83. The van der Waals surface area contributed by atoms with Crippen LogP contribution in [-0.4, -0.2) is 18.0 Å². The molecule has 0 aliphatic heterocycles. The van der Waals surface area contributed by atoms with Crippen LogP contribution in [0, 0.1) is 0 Å². The van der Waals surface area contributed by atoms with E-state index >= 15 is 0 Å². The fourth-order valence-corrected chi connectivity index (χ4v) is 1.54. The van der Waals surface area contributed by atoms with Gasteiger partial charge in [-0.3, -0.25) is 4.55 Å². The summed E-state index contributed by atoms with van der Waals surface area (Å²) in [5.41, 5.74) is 0. The molecular weight excluding hydrogens is 162 g/mol. The first-order valence-corrected chi connectivity index (χ1v) is 4.29. The van der Waals surface area contributed by atoms with Crippen molar-refractivity contribution in [3.63, 3.8) is 0 Å². The third-order valence-corrected chi connectivity index (χ3v) is 2.66. The molecular formula is C3H3NO3S2. The molecule has 6 heteroatoms. The standard InChI is InChI=1S/C3H3NO3S2/c5-9(6,7)3-4-1-2-8-3/h1-2H,(H,5,6,7). The van der Waals surface area contributed by atoms with Crippen LogP contribution in [0.4, 0.5) is 0 Å². The van der Waals surface area contributed by atoms with Gasteiger partial charge in [0.1, 0.15) is 0 Å². The highest BCUT2D eigenvalue weighted by atomic mass is 32.3. The van der Waals surface area contributed by atoms with Gasteiger partial charge in [-0.1, -0.05) is 0 Å². The Kier molecular flexibility index (Phi) is 1.52. The van der Waals surface area contributed by atoms with E-state index in [-0.39, 0.29) is 4.34 Å². The van der Waals surface area contributed by atoms with Crippen LogP contribution < -0.4 is 0 Å². The second kappa shape index (κ2) is 2.05. The molecule has 1 heterocycles. The first-order chi connectivity index (χ1) is 4.11. The zero-order valence-corrected chi connectivity index (χ0v) is 5.82. The van der Waals surface area contributed by atoms with Crippen molar-refractivity contribution >= 4 is 21.5 Å². The van der Waals surface area contributed by atoms with E-state index in [0.29, 0.717) is 0 Å². The summed E-state index contributed by atoms with van der Waals surface area (Å²) in [6, 6.07) is 0. The normalized spacial score (nSPS) is 11.7. The minimum absolute atomic E-state index is 0.262. The lowest BCUT2D eigenvalue weighted by Crippen LogP contribution is -1.95. The summed E-state index contributed by atoms with van der Waals surface area (Å²) < 4.78 is 28.4. The quantitative estimate of drug-likeness (QED) is 0.611. The second-order valence-corrected chi connectivity index (χ2v) is 3.76. The van der Waals surface area contributed by atoms with Gasteiger partial charge in [0.05, 0.1) is 0 Å². The van der Waals surface area contributed by atoms with Crippen molar-refractivity contribution in [3.8, 4) is 0 Å². The maximum atomic E-state index is 10.2. The molecule has 0 bridgehead atoms. The van der Waals surface area contributed by atoms with Crippen LogP contribution in [0.2, 0.25) is 0 Å². The average Bonchev–Trinajstić information content (AvgIpc) is 2.08. The Morgan fingerprint density at radius 3 is 2.56 bits per heavy atom. The van der Waals surface area contributed by atoms with Gasteiger partial charge in [0.2, 0.25) is 4.34 Å². The highest BCUT2D eigenvalue weighted by Gasteiger charge is 2.10. The Morgan fingerprint density at radius 2 is 2.33 bits per heavy atom. The second-order valence-electron chi connectivity index (χ2n) is 1.27. The van der Waals surface area contributed by atoms with Crippen molar-refractivity contribution in [2.45, 2.75) is 4.34 Å². The van der Waals surface area contributed by atoms with E-state index in [4.69, 9.17) is 4.55 Å². The summed E-state index contributed by atoms with van der Waals surface area (Å²) in [5.74, 6) is 0. The van der Waals surface area contributed by atoms with E-state index in [9.17, 15) is 8.42 Å². The van der Waals surface area contributed by atoms with E-state index < -0.39 is 10.1 Å². The van der Waals surface area contributed by atoms with Crippen molar-refractivity contribution in [2.75, 3.05) is 0 Å². The molecule has 0 radical (unpaired) electrons. The van der Waals surface area contributed by atoms with E-state index in [1.165, 1.54) is 11.6 Å². The molecule has 0 unspecified atom stereocenters. The Hall–Kier alpha value is -0.460. The molecule has 50 valence electrons.